The molecule has 0 saturated heterocycles. The molecule has 0 N–H and O–H groups in total. The largest absolute Gasteiger partial charge is 0.254 e. The third-order valence-corrected chi connectivity index (χ3v) is 7.01. The zero-order chi connectivity index (χ0) is 26.7. The minimum absolute atomic E-state index is 0.790. The van der Waals surface area contributed by atoms with E-state index in [0.29, 0.717) is 0 Å². The molecule has 4 heteroatoms. The molecule has 3 heterocycles. The second kappa shape index (κ2) is 10.4. The molecular weight excluding hydrogens is 488 g/mol. The molecule has 1 aliphatic heterocycles. The van der Waals surface area contributed by atoms with Crippen LogP contribution in [-0.4, -0.2) is 21.4 Å². The normalized spacial score (nSPS) is 12.3. The van der Waals surface area contributed by atoms with E-state index >= 15 is 0 Å². The molecule has 0 radical (unpaired) electrons. The molecule has 6 aromatic rings. The first-order valence-corrected chi connectivity index (χ1v) is 13.2. The fourth-order valence-electron chi connectivity index (χ4n) is 4.97. The lowest BCUT2D eigenvalue weighted by Crippen LogP contribution is -2.12. The van der Waals surface area contributed by atoms with E-state index in [9.17, 15) is 0 Å². The van der Waals surface area contributed by atoms with Gasteiger partial charge in [0, 0.05) is 34.6 Å². The average Bonchev–Trinajstić information content (AvgIpc) is 3.03. The topological polar surface area (TPSA) is 50.5 Å². The summed E-state index contributed by atoms with van der Waals surface area (Å²) in [6, 6.07) is 45.0. The molecule has 0 atom stereocenters. The molecule has 4 aromatic carbocycles. The van der Waals surface area contributed by atoms with Gasteiger partial charge < -0.3 is 0 Å². The molecule has 4 nitrogen and oxygen atoms in total. The van der Waals surface area contributed by atoms with Gasteiger partial charge in [-0.15, -0.1) is 0 Å². The van der Waals surface area contributed by atoms with Crippen molar-refractivity contribution in [3.05, 3.63) is 168 Å². The van der Waals surface area contributed by atoms with Crippen LogP contribution in [0.25, 0.3) is 22.3 Å². The molecule has 0 saturated carbocycles. The van der Waals surface area contributed by atoms with Gasteiger partial charge in [0.1, 0.15) is 0 Å². The van der Waals surface area contributed by atoms with Crippen molar-refractivity contribution in [3.8, 4) is 22.3 Å². The van der Waals surface area contributed by atoms with Gasteiger partial charge in [-0.2, -0.15) is 0 Å². The van der Waals surface area contributed by atoms with E-state index < -0.39 is 0 Å². The van der Waals surface area contributed by atoms with Gasteiger partial charge in [-0.05, 0) is 35.4 Å². The Morgan fingerprint density at radius 3 is 1.12 bits per heavy atom. The smallest absolute Gasteiger partial charge is 0.0987 e. The Morgan fingerprint density at radius 1 is 0.325 bits per heavy atom. The van der Waals surface area contributed by atoms with Crippen molar-refractivity contribution in [1.29, 1.82) is 0 Å². The van der Waals surface area contributed by atoms with Crippen LogP contribution in [-0.2, 0) is 0 Å². The second-order valence-electron chi connectivity index (χ2n) is 9.55. The molecule has 0 bridgehead atoms. The van der Waals surface area contributed by atoms with Crippen molar-refractivity contribution in [2.24, 2.45) is 9.98 Å². The van der Waals surface area contributed by atoms with E-state index in [4.69, 9.17) is 20.0 Å². The summed E-state index contributed by atoms with van der Waals surface area (Å²) in [5, 5.41) is 0. The summed E-state index contributed by atoms with van der Waals surface area (Å²) in [7, 11) is 0. The van der Waals surface area contributed by atoms with Crippen molar-refractivity contribution < 1.29 is 0 Å². The first kappa shape index (κ1) is 23.6. The third kappa shape index (κ3) is 4.52. The SMILES string of the molecule is c1ccc(-c2ccc(C3=Nc4ccccc4C(c4ccc(-c5ccccc5)cn4)=Nc4ccccc43)nc2)cc1. The third-order valence-electron chi connectivity index (χ3n) is 7.01. The highest BCUT2D eigenvalue weighted by molar-refractivity contribution is 6.21. The van der Waals surface area contributed by atoms with E-state index in [2.05, 4.69) is 48.5 Å². The van der Waals surface area contributed by atoms with Crippen LogP contribution < -0.4 is 0 Å². The fourth-order valence-corrected chi connectivity index (χ4v) is 4.97. The van der Waals surface area contributed by atoms with Crippen LogP contribution in [0.3, 0.4) is 0 Å². The Hall–Kier alpha value is -5.48. The molecule has 7 rings (SSSR count). The van der Waals surface area contributed by atoms with Crippen LogP contribution in [0.1, 0.15) is 22.5 Å². The molecule has 0 aliphatic carbocycles. The number of benzene rings is 4. The number of para-hydroxylation sites is 2. The minimum atomic E-state index is 0.790. The first-order valence-electron chi connectivity index (χ1n) is 13.2. The molecule has 0 fully saturated rings. The predicted molar refractivity (Wildman–Crippen MR) is 163 cm³/mol. The van der Waals surface area contributed by atoms with Gasteiger partial charge in [-0.3, -0.25) is 9.97 Å². The molecular formula is C36H24N4. The Bertz CT molecular complexity index is 1710. The van der Waals surface area contributed by atoms with Gasteiger partial charge in [-0.1, -0.05) is 109 Å². The molecule has 188 valence electrons. The minimum Gasteiger partial charge on any atom is -0.254 e. The van der Waals surface area contributed by atoms with Crippen molar-refractivity contribution in [3.63, 3.8) is 0 Å². The molecule has 40 heavy (non-hydrogen) atoms. The van der Waals surface area contributed by atoms with Crippen molar-refractivity contribution in [2.45, 2.75) is 0 Å². The van der Waals surface area contributed by atoms with Crippen LogP contribution in [0.2, 0.25) is 0 Å². The first-order chi connectivity index (χ1) is 19.8. The summed E-state index contributed by atoms with van der Waals surface area (Å²) in [5.74, 6) is 0. The lowest BCUT2D eigenvalue weighted by molar-refractivity contribution is 1.26. The number of aliphatic imine (C=N–C) groups is 2. The zero-order valence-electron chi connectivity index (χ0n) is 21.6. The van der Waals surface area contributed by atoms with Crippen molar-refractivity contribution in [1.82, 2.24) is 9.97 Å². The van der Waals surface area contributed by atoms with Crippen LogP contribution in [0.4, 0.5) is 11.4 Å². The Morgan fingerprint density at radius 2 is 0.725 bits per heavy atom. The summed E-state index contributed by atoms with van der Waals surface area (Å²) in [4.78, 5) is 20.1. The number of hydrogen-bond donors (Lipinski definition) is 0. The summed E-state index contributed by atoms with van der Waals surface area (Å²) < 4.78 is 0. The van der Waals surface area contributed by atoms with E-state index in [1.165, 1.54) is 0 Å². The van der Waals surface area contributed by atoms with Gasteiger partial charge in [-0.25, -0.2) is 9.98 Å². The van der Waals surface area contributed by atoms with Gasteiger partial charge >= 0.3 is 0 Å². The fraction of sp³-hybridized carbons (Fsp3) is 0. The highest BCUT2D eigenvalue weighted by Gasteiger charge is 2.21. The quantitative estimate of drug-likeness (QED) is 0.237. The maximum Gasteiger partial charge on any atom is 0.0987 e. The Kier molecular flexibility index (Phi) is 6.11. The maximum atomic E-state index is 5.20. The van der Waals surface area contributed by atoms with E-state index in [1.54, 1.807) is 0 Å². The summed E-state index contributed by atoms with van der Waals surface area (Å²) in [5.41, 5.74) is 11.1. The van der Waals surface area contributed by atoms with Crippen LogP contribution >= 0.6 is 0 Å². The van der Waals surface area contributed by atoms with Crippen molar-refractivity contribution in [2.75, 3.05) is 0 Å². The van der Waals surface area contributed by atoms with Crippen LogP contribution in [0, 0.1) is 0 Å². The number of pyridine rings is 2. The maximum absolute atomic E-state index is 5.20. The lowest BCUT2D eigenvalue weighted by atomic mass is 9.98. The lowest BCUT2D eigenvalue weighted by Gasteiger charge is -2.17. The summed E-state index contributed by atoms with van der Waals surface area (Å²) >= 11 is 0. The van der Waals surface area contributed by atoms with Gasteiger partial charge in [0.05, 0.1) is 34.2 Å². The monoisotopic (exact) mass is 512 g/mol. The number of rotatable bonds is 4. The average molecular weight is 513 g/mol. The van der Waals surface area contributed by atoms with Gasteiger partial charge in [0.25, 0.3) is 0 Å². The van der Waals surface area contributed by atoms with E-state index in [-0.39, 0.29) is 0 Å². The van der Waals surface area contributed by atoms with E-state index in [1.807, 2.05) is 97.3 Å². The van der Waals surface area contributed by atoms with Crippen molar-refractivity contribution >= 4 is 22.8 Å². The molecule has 0 spiro atoms. The Balaban J connectivity index is 1.34. The highest BCUT2D eigenvalue weighted by Crippen LogP contribution is 2.33. The number of nitrogens with zero attached hydrogens (tertiary/aromatic N) is 4. The molecule has 0 unspecified atom stereocenters. The zero-order valence-corrected chi connectivity index (χ0v) is 21.6. The second-order valence-corrected chi connectivity index (χ2v) is 9.55. The van der Waals surface area contributed by atoms with Gasteiger partial charge in [0.2, 0.25) is 0 Å². The number of fused-ring (bicyclic) bond motifs is 2. The number of aromatic nitrogens is 2. The van der Waals surface area contributed by atoms with Crippen LogP contribution in [0.5, 0.6) is 0 Å². The number of hydrogen-bond acceptors (Lipinski definition) is 4. The molecule has 1 aliphatic rings. The standard InChI is InChI=1S/C36H24N4/c1-3-11-25(12-4-1)27-19-21-33(37-23-27)35-29-15-7-9-17-31(29)40-36(30-16-8-10-18-32(30)39-35)34-22-20-28(24-38-34)26-13-5-2-6-14-26/h1-24H. The summed E-state index contributed by atoms with van der Waals surface area (Å²) in [6.07, 6.45) is 3.82. The summed E-state index contributed by atoms with van der Waals surface area (Å²) in [6.45, 7) is 0. The van der Waals surface area contributed by atoms with Crippen LogP contribution in [0.15, 0.2) is 156 Å². The van der Waals surface area contributed by atoms with Gasteiger partial charge in [0.15, 0.2) is 0 Å². The molecule has 0 amide bonds. The Labute approximate surface area is 233 Å². The highest BCUT2D eigenvalue weighted by atomic mass is 14.9. The van der Waals surface area contributed by atoms with E-state index in [0.717, 1.165) is 67.6 Å². The molecule has 2 aromatic heterocycles. The predicted octanol–water partition coefficient (Wildman–Crippen LogP) is 8.46.